The van der Waals surface area contributed by atoms with Gasteiger partial charge in [0.15, 0.2) is 11.9 Å². The van der Waals surface area contributed by atoms with Gasteiger partial charge in [-0.05, 0) is 131 Å². The summed E-state index contributed by atoms with van der Waals surface area (Å²) in [6.07, 6.45) is 28.6. The molecule has 316 valence electrons. The van der Waals surface area contributed by atoms with Gasteiger partial charge < -0.3 is 41.8 Å². The first-order valence-corrected chi connectivity index (χ1v) is 22.4. The zero-order valence-electron chi connectivity index (χ0n) is 35.5. The summed E-state index contributed by atoms with van der Waals surface area (Å²) in [4.78, 5) is 36.7. The molecule has 11 nitrogen and oxygen atoms in total. The number of terminal acetylenes is 1. The Morgan fingerprint density at radius 3 is 2.38 bits per heavy atom. The number of amides is 4. The number of rotatable bonds is 22. The van der Waals surface area contributed by atoms with Crippen molar-refractivity contribution in [1.29, 1.82) is 0 Å². The van der Waals surface area contributed by atoms with Gasteiger partial charge in [0.25, 0.3) is 0 Å². The van der Waals surface area contributed by atoms with Gasteiger partial charge in [0, 0.05) is 19.4 Å². The van der Waals surface area contributed by atoms with Crippen molar-refractivity contribution in [2.75, 3.05) is 46.1 Å². The minimum atomic E-state index is -0.705. The summed E-state index contributed by atoms with van der Waals surface area (Å²) in [7, 11) is 0. The van der Waals surface area contributed by atoms with Gasteiger partial charge in [-0.3, -0.25) is 9.59 Å². The van der Waals surface area contributed by atoms with Crippen LogP contribution < -0.4 is 32.3 Å². The number of ether oxygens (including phenoxy) is 2. The molecule has 0 radical (unpaired) electrons. The largest absolute Gasteiger partial charge is 0.377 e. The first-order valence-electron chi connectivity index (χ1n) is 22.4. The van der Waals surface area contributed by atoms with Crippen LogP contribution in [0.2, 0.25) is 0 Å². The van der Waals surface area contributed by atoms with Gasteiger partial charge in [0.1, 0.15) is 12.1 Å². The van der Waals surface area contributed by atoms with Crippen LogP contribution >= 0.6 is 0 Å². The highest BCUT2D eigenvalue weighted by Gasteiger charge is 2.59. The van der Waals surface area contributed by atoms with Gasteiger partial charge in [0.05, 0.1) is 38.5 Å². The Bertz CT molecular complexity index is 1400. The highest BCUT2D eigenvalue weighted by atomic mass is 16.5. The first kappa shape index (κ1) is 44.5. The van der Waals surface area contributed by atoms with Crippen molar-refractivity contribution in [3.8, 4) is 12.3 Å². The van der Waals surface area contributed by atoms with Crippen LogP contribution in [-0.4, -0.2) is 75.0 Å². The van der Waals surface area contributed by atoms with E-state index in [-0.39, 0.29) is 17.8 Å². The van der Waals surface area contributed by atoms with Crippen molar-refractivity contribution >= 4 is 17.8 Å². The molecule has 5 fully saturated rings. The molecule has 0 aromatic heterocycles. The summed E-state index contributed by atoms with van der Waals surface area (Å²) in [5, 5.41) is 13.8. The second kappa shape index (κ2) is 20.4. The predicted octanol–water partition coefficient (Wildman–Crippen LogP) is 4.53. The van der Waals surface area contributed by atoms with E-state index in [1.807, 2.05) is 25.4 Å². The van der Waals surface area contributed by atoms with E-state index >= 15 is 0 Å². The van der Waals surface area contributed by atoms with Crippen LogP contribution in [0.5, 0.6) is 0 Å². The van der Waals surface area contributed by atoms with Crippen molar-refractivity contribution < 1.29 is 34.9 Å². The number of hydrogen-bond acceptors (Lipinski definition) is 5. The second-order valence-electron chi connectivity index (χ2n) is 19.1. The van der Waals surface area contributed by atoms with Crippen LogP contribution in [-0.2, 0) is 19.1 Å². The van der Waals surface area contributed by atoms with E-state index < -0.39 is 11.1 Å². The molecule has 5 aliphatic rings. The van der Waals surface area contributed by atoms with Gasteiger partial charge in [-0.1, -0.05) is 45.5 Å². The summed E-state index contributed by atoms with van der Waals surface area (Å²) in [5.74, 6) is 7.51. The topological polar surface area (TPSA) is 162 Å². The van der Waals surface area contributed by atoms with E-state index in [4.69, 9.17) is 15.9 Å². The molecule has 4 amide bonds. The molecule has 0 aromatic rings. The highest BCUT2D eigenvalue weighted by Crippen LogP contribution is 2.67. The zero-order chi connectivity index (χ0) is 40.2. The molecule has 8 atom stereocenters. The summed E-state index contributed by atoms with van der Waals surface area (Å²) >= 11 is 0. The van der Waals surface area contributed by atoms with Crippen molar-refractivity contribution in [1.82, 2.24) is 21.3 Å². The smallest absolute Gasteiger partial charge is 0.316 e. The third kappa shape index (κ3) is 10.9. The monoisotopic (exact) mass is 783 g/mol. The molecule has 0 aromatic carbocycles. The number of hydrogen-bond donors (Lipinski definition) is 6. The van der Waals surface area contributed by atoms with Crippen LogP contribution in [0.15, 0.2) is 11.9 Å². The Morgan fingerprint density at radius 1 is 0.857 bits per heavy atom. The molecular formula is C45H78N6O5+2. The number of unbranched alkanes of at least 4 members (excludes halogenated alkanes) is 2. The van der Waals surface area contributed by atoms with Crippen molar-refractivity contribution in [2.45, 2.75) is 154 Å². The van der Waals surface area contributed by atoms with Crippen molar-refractivity contribution in [2.24, 2.45) is 40.4 Å². The lowest BCUT2D eigenvalue weighted by Gasteiger charge is -2.60. The van der Waals surface area contributed by atoms with Gasteiger partial charge in [-0.15, -0.1) is 6.42 Å². The lowest BCUT2D eigenvalue weighted by Crippen LogP contribution is -2.81. The Labute approximate surface area is 338 Å². The SMILES string of the molecule is C#C[C@]1(CCCCCC(=O)NCCOCCOCC[NH2+]/C=C(\[NH3+])CNC(=O)CCC[C@H]2CCC3C4CCC5CCCC[C@]5(C)C4CC[C@@]32C)NC(=O)NC1(C)C. The molecule has 1 heterocycles. The zero-order valence-corrected chi connectivity index (χ0v) is 35.5. The summed E-state index contributed by atoms with van der Waals surface area (Å²) in [5.41, 5.74) is 4.88. The van der Waals surface area contributed by atoms with Gasteiger partial charge in [0.2, 0.25) is 11.8 Å². The second-order valence-corrected chi connectivity index (χ2v) is 19.1. The average molecular weight is 783 g/mol. The number of carbonyl (C=O) groups excluding carboxylic acids is 3. The van der Waals surface area contributed by atoms with Crippen molar-refractivity contribution in [3.05, 3.63) is 11.9 Å². The fourth-order valence-corrected chi connectivity index (χ4v) is 12.1. The van der Waals surface area contributed by atoms with E-state index in [2.05, 4.69) is 46.8 Å². The standard InChI is InChI=1S/C45H76N6O5/c1-6-45(42(2,3)50-41(54)51-45)23-10-7-8-15-39(52)48-26-28-56-30-29-55-27-25-47-31-35(46)32-49-40(53)16-12-14-34-18-20-37-36-19-17-33-13-9-11-22-43(33,4)38(36)21-24-44(34,37)5/h1,31,33-34,36-38,47H,7-30,32,46H2,2-5H3,(H,48,52)(H,49,53)(H2,50,51,54)/p+2/b35-31-/t33?,34-,36?,37?,38?,43-,44+,45+/m0/s1. The highest BCUT2D eigenvalue weighted by molar-refractivity contribution is 5.80. The Hall–Kier alpha value is -2.65. The quantitative estimate of drug-likeness (QED) is 0.0702. The Morgan fingerprint density at radius 2 is 1.61 bits per heavy atom. The van der Waals surface area contributed by atoms with Crippen LogP contribution in [0.1, 0.15) is 143 Å². The fraction of sp³-hybridized carbons (Fsp3) is 0.844. The number of fused-ring (bicyclic) bond motifs is 5. The molecule has 1 saturated heterocycles. The molecule has 4 aliphatic carbocycles. The van der Waals surface area contributed by atoms with Crippen LogP contribution in [0.25, 0.3) is 0 Å². The minimum absolute atomic E-state index is 0.00880. The third-order valence-corrected chi connectivity index (χ3v) is 15.5. The van der Waals surface area contributed by atoms with E-state index in [9.17, 15) is 14.4 Å². The summed E-state index contributed by atoms with van der Waals surface area (Å²) < 4.78 is 11.3. The first-order chi connectivity index (χ1) is 26.8. The maximum atomic E-state index is 12.7. The number of quaternary nitrogens is 2. The fourth-order valence-electron chi connectivity index (χ4n) is 12.1. The lowest BCUT2D eigenvalue weighted by molar-refractivity contribution is -0.595. The van der Waals surface area contributed by atoms with Gasteiger partial charge >= 0.3 is 6.03 Å². The normalized spacial score (nSPS) is 33.3. The maximum absolute atomic E-state index is 12.7. The maximum Gasteiger partial charge on any atom is 0.316 e. The lowest BCUT2D eigenvalue weighted by atomic mass is 9.45. The summed E-state index contributed by atoms with van der Waals surface area (Å²) in [6, 6.07) is -0.235. The molecule has 5 rings (SSSR count). The third-order valence-electron chi connectivity index (χ3n) is 15.5. The molecule has 11 heteroatoms. The van der Waals surface area contributed by atoms with Crippen LogP contribution in [0, 0.1) is 52.8 Å². The molecule has 56 heavy (non-hydrogen) atoms. The Kier molecular flexibility index (Phi) is 16.2. The van der Waals surface area contributed by atoms with E-state index in [1.165, 1.54) is 70.6 Å². The van der Waals surface area contributed by atoms with Crippen LogP contribution in [0.3, 0.4) is 0 Å². The molecule has 0 bridgehead atoms. The molecule has 0 spiro atoms. The van der Waals surface area contributed by atoms with E-state index in [1.54, 1.807) is 0 Å². The van der Waals surface area contributed by atoms with E-state index in [0.29, 0.717) is 69.6 Å². The molecule has 4 saturated carbocycles. The predicted molar refractivity (Wildman–Crippen MR) is 220 cm³/mol. The van der Waals surface area contributed by atoms with Gasteiger partial charge in [-0.25, -0.2) is 4.79 Å². The molecule has 1 aliphatic heterocycles. The molecule has 9 N–H and O–H groups in total. The minimum Gasteiger partial charge on any atom is -0.377 e. The van der Waals surface area contributed by atoms with Crippen molar-refractivity contribution in [3.63, 3.8) is 0 Å². The number of nitrogens with one attached hydrogen (secondary N) is 4. The van der Waals surface area contributed by atoms with Gasteiger partial charge in [-0.2, -0.15) is 0 Å². The number of nitrogens with two attached hydrogens (primary N) is 1. The number of urea groups is 1. The Balaban J connectivity index is 0.820. The van der Waals surface area contributed by atoms with Crippen LogP contribution in [0.4, 0.5) is 4.79 Å². The molecule has 4 unspecified atom stereocenters. The molecular weight excluding hydrogens is 705 g/mol. The van der Waals surface area contributed by atoms with E-state index in [0.717, 1.165) is 67.5 Å². The number of carbonyl (C=O) groups is 3. The average Bonchev–Trinajstić information content (AvgIpc) is 3.62. The summed E-state index contributed by atoms with van der Waals surface area (Å²) in [6.45, 7) is 12.9.